The van der Waals surface area contributed by atoms with E-state index >= 15 is 0 Å². The van der Waals surface area contributed by atoms with E-state index in [0.29, 0.717) is 11.3 Å². The first kappa shape index (κ1) is 24.2. The quantitative estimate of drug-likeness (QED) is 0.288. The van der Waals surface area contributed by atoms with Gasteiger partial charge < -0.3 is 14.0 Å². The van der Waals surface area contributed by atoms with Gasteiger partial charge in [-0.25, -0.2) is 18.7 Å². The van der Waals surface area contributed by atoms with Gasteiger partial charge in [0.2, 0.25) is 5.88 Å². The number of aryl methyl sites for hydroxylation is 2. The molecule has 2 aromatic carbocycles. The van der Waals surface area contributed by atoms with E-state index < -0.39 is 25.2 Å². The molecule has 37 heavy (non-hydrogen) atoms. The van der Waals surface area contributed by atoms with E-state index in [1.807, 2.05) is 18.5 Å². The average Bonchev–Trinajstić information content (AvgIpc) is 3.15. The van der Waals surface area contributed by atoms with Gasteiger partial charge in [-0.3, -0.25) is 4.79 Å². The summed E-state index contributed by atoms with van der Waals surface area (Å²) in [7, 11) is 1.85. The summed E-state index contributed by atoms with van der Waals surface area (Å²) in [6.45, 7) is -2.02. The maximum atomic E-state index is 13.8. The lowest BCUT2D eigenvalue weighted by molar-refractivity contribution is -0.0498. The summed E-state index contributed by atoms with van der Waals surface area (Å²) in [5.41, 5.74) is 2.23. The summed E-state index contributed by atoms with van der Waals surface area (Å²) in [5, 5.41) is 4.45. The van der Waals surface area contributed by atoms with Crippen molar-refractivity contribution in [2.45, 2.75) is 20.0 Å². The Bertz CT molecular complexity index is 1670. The summed E-state index contributed by atoms with van der Waals surface area (Å²) in [5.74, 6) is 0.583. The second-order valence-electron chi connectivity index (χ2n) is 8.11. The highest BCUT2D eigenvalue weighted by Gasteiger charge is 2.19. The summed E-state index contributed by atoms with van der Waals surface area (Å²) in [6.07, 6.45) is -2.71. The highest BCUT2D eigenvalue weighted by atomic mass is 19.3. The first-order chi connectivity index (χ1) is 17.7. The number of pyridine rings is 1. The topological polar surface area (TPSA) is 84.1 Å². The van der Waals surface area contributed by atoms with Crippen LogP contribution in [0.25, 0.3) is 38.9 Å². The van der Waals surface area contributed by atoms with Crippen LogP contribution in [0, 0.1) is 6.92 Å². The van der Waals surface area contributed by atoms with E-state index in [9.17, 15) is 22.4 Å². The molecule has 190 valence electrons. The third kappa shape index (κ3) is 4.69. The molecule has 0 bridgehead atoms. The Hall–Kier alpha value is -4.48. The normalized spacial score (nSPS) is 11.7. The average molecular weight is 513 g/mol. The third-order valence-electron chi connectivity index (χ3n) is 5.76. The molecule has 3 aromatic heterocycles. The van der Waals surface area contributed by atoms with Crippen LogP contribution in [0.2, 0.25) is 0 Å². The Morgan fingerprint density at radius 2 is 1.68 bits per heavy atom. The standard InChI is InChI=1S/C25H19F4N5O3/c1-13-30-17-8-5-15(11-19(17)33(13)2)34-24(35)22(14-3-6-16(7-4-14)37-25(28)29)23-18(32-34)9-10-21(31-23)36-12-20(26)27/h3-11,20,25H,12H2,1-2H3. The van der Waals surface area contributed by atoms with Crippen LogP contribution in [-0.4, -0.2) is 44.0 Å². The molecule has 0 spiro atoms. The molecule has 0 unspecified atom stereocenters. The van der Waals surface area contributed by atoms with Gasteiger partial charge in [0.15, 0.2) is 6.61 Å². The molecule has 0 aliphatic heterocycles. The van der Waals surface area contributed by atoms with E-state index in [4.69, 9.17) is 4.74 Å². The molecule has 0 saturated heterocycles. The number of benzene rings is 2. The van der Waals surface area contributed by atoms with Crippen LogP contribution < -0.4 is 15.0 Å². The lowest BCUT2D eigenvalue weighted by atomic mass is 10.1. The van der Waals surface area contributed by atoms with Gasteiger partial charge in [-0.1, -0.05) is 12.1 Å². The van der Waals surface area contributed by atoms with Gasteiger partial charge in [0.1, 0.15) is 22.6 Å². The number of hydrogen-bond acceptors (Lipinski definition) is 6. The van der Waals surface area contributed by atoms with E-state index in [-0.39, 0.29) is 28.2 Å². The van der Waals surface area contributed by atoms with Crippen molar-refractivity contribution in [3.8, 4) is 28.4 Å². The van der Waals surface area contributed by atoms with Crippen molar-refractivity contribution in [1.29, 1.82) is 0 Å². The third-order valence-corrected chi connectivity index (χ3v) is 5.76. The Labute approximate surface area is 206 Å². The Morgan fingerprint density at radius 1 is 0.946 bits per heavy atom. The van der Waals surface area contributed by atoms with Gasteiger partial charge in [-0.05, 0) is 48.9 Å². The molecule has 8 nitrogen and oxygen atoms in total. The number of ether oxygens (including phenoxy) is 2. The largest absolute Gasteiger partial charge is 0.472 e. The monoisotopic (exact) mass is 513 g/mol. The molecule has 0 amide bonds. The molecule has 0 aliphatic carbocycles. The fourth-order valence-electron chi connectivity index (χ4n) is 3.96. The highest BCUT2D eigenvalue weighted by Crippen LogP contribution is 2.28. The van der Waals surface area contributed by atoms with Crippen molar-refractivity contribution in [2.24, 2.45) is 7.05 Å². The minimum absolute atomic E-state index is 0.0809. The Balaban J connectivity index is 1.72. The van der Waals surface area contributed by atoms with Crippen LogP contribution in [0.4, 0.5) is 17.6 Å². The van der Waals surface area contributed by atoms with Crippen molar-refractivity contribution >= 4 is 22.1 Å². The molecular formula is C25H19F4N5O3. The van der Waals surface area contributed by atoms with Gasteiger partial charge >= 0.3 is 6.61 Å². The molecule has 0 N–H and O–H groups in total. The van der Waals surface area contributed by atoms with Crippen molar-refractivity contribution in [3.05, 3.63) is 70.8 Å². The summed E-state index contributed by atoms with van der Waals surface area (Å²) < 4.78 is 63.0. The van der Waals surface area contributed by atoms with Gasteiger partial charge in [-0.15, -0.1) is 0 Å². The van der Waals surface area contributed by atoms with Crippen molar-refractivity contribution < 1.29 is 27.0 Å². The van der Waals surface area contributed by atoms with E-state index in [1.165, 1.54) is 41.1 Å². The second kappa shape index (κ2) is 9.52. The number of aromatic nitrogens is 5. The molecule has 0 radical (unpaired) electrons. The maximum absolute atomic E-state index is 13.8. The minimum atomic E-state index is -3.01. The van der Waals surface area contributed by atoms with Crippen molar-refractivity contribution in [2.75, 3.05) is 6.61 Å². The van der Waals surface area contributed by atoms with Gasteiger partial charge in [0.05, 0.1) is 22.3 Å². The van der Waals surface area contributed by atoms with Crippen LogP contribution in [-0.2, 0) is 7.05 Å². The molecule has 5 aromatic rings. The zero-order chi connectivity index (χ0) is 26.3. The first-order valence-electron chi connectivity index (χ1n) is 11.0. The lowest BCUT2D eigenvalue weighted by Crippen LogP contribution is -2.24. The van der Waals surface area contributed by atoms with Crippen LogP contribution in [0.5, 0.6) is 11.6 Å². The fourth-order valence-corrected chi connectivity index (χ4v) is 3.96. The maximum Gasteiger partial charge on any atom is 0.387 e. The fraction of sp³-hybridized carbons (Fsp3) is 0.200. The molecule has 0 fully saturated rings. The van der Waals surface area contributed by atoms with Crippen molar-refractivity contribution in [1.82, 2.24) is 24.3 Å². The zero-order valence-corrected chi connectivity index (χ0v) is 19.5. The number of halogens is 4. The number of nitrogens with zero attached hydrogens (tertiary/aromatic N) is 5. The number of alkyl halides is 4. The van der Waals surface area contributed by atoms with Crippen LogP contribution in [0.15, 0.2) is 59.4 Å². The molecular weight excluding hydrogens is 494 g/mol. The highest BCUT2D eigenvalue weighted by molar-refractivity contribution is 5.91. The number of rotatable bonds is 7. The molecule has 0 atom stereocenters. The van der Waals surface area contributed by atoms with E-state index in [0.717, 1.165) is 16.9 Å². The predicted molar refractivity (Wildman–Crippen MR) is 128 cm³/mol. The SMILES string of the molecule is Cc1nc2ccc(-n3nc4ccc(OCC(F)F)nc4c(-c4ccc(OC(F)F)cc4)c3=O)cc2n1C. The first-order valence-corrected chi connectivity index (χ1v) is 11.0. The van der Waals surface area contributed by atoms with E-state index in [2.05, 4.69) is 19.8 Å². The summed E-state index contributed by atoms with van der Waals surface area (Å²) in [6, 6.07) is 13.6. The van der Waals surface area contributed by atoms with Gasteiger partial charge in [0.25, 0.3) is 12.0 Å². The van der Waals surface area contributed by atoms with Crippen LogP contribution >= 0.6 is 0 Å². The smallest absolute Gasteiger partial charge is 0.387 e. The van der Waals surface area contributed by atoms with Crippen molar-refractivity contribution in [3.63, 3.8) is 0 Å². The second-order valence-corrected chi connectivity index (χ2v) is 8.11. The zero-order valence-electron chi connectivity index (χ0n) is 19.5. The molecule has 5 rings (SSSR count). The molecule has 0 aliphatic rings. The minimum Gasteiger partial charge on any atom is -0.472 e. The predicted octanol–water partition coefficient (Wildman–Crippen LogP) is 4.89. The molecule has 0 saturated carbocycles. The Kier molecular flexibility index (Phi) is 6.24. The van der Waals surface area contributed by atoms with Gasteiger partial charge in [-0.2, -0.15) is 18.6 Å². The van der Waals surface area contributed by atoms with Gasteiger partial charge in [0, 0.05) is 13.1 Å². The lowest BCUT2D eigenvalue weighted by Gasteiger charge is -2.13. The molecule has 3 heterocycles. The van der Waals surface area contributed by atoms with Crippen LogP contribution in [0.1, 0.15) is 5.82 Å². The number of imidazole rings is 1. The van der Waals surface area contributed by atoms with Crippen LogP contribution in [0.3, 0.4) is 0 Å². The number of fused-ring (bicyclic) bond motifs is 2. The molecule has 12 heteroatoms. The Morgan fingerprint density at radius 3 is 2.38 bits per heavy atom. The summed E-state index contributed by atoms with van der Waals surface area (Å²) in [4.78, 5) is 22.5. The summed E-state index contributed by atoms with van der Waals surface area (Å²) >= 11 is 0. The van der Waals surface area contributed by atoms with E-state index in [1.54, 1.807) is 18.2 Å². The number of hydrogen-bond donors (Lipinski definition) is 0.